The van der Waals surface area contributed by atoms with Crippen LogP contribution in [0.1, 0.15) is 19.8 Å². The van der Waals surface area contributed by atoms with Crippen LogP contribution in [0.2, 0.25) is 0 Å². The molecule has 2 N–H and O–H groups in total. The highest BCUT2D eigenvalue weighted by Gasteiger charge is 2.50. The lowest BCUT2D eigenvalue weighted by molar-refractivity contribution is -0.120. The number of aromatic nitrogens is 1. The predicted octanol–water partition coefficient (Wildman–Crippen LogP) is 1.36. The van der Waals surface area contributed by atoms with E-state index in [4.69, 9.17) is 0 Å². The van der Waals surface area contributed by atoms with Crippen molar-refractivity contribution in [2.45, 2.75) is 31.8 Å². The molecule has 2 heterocycles. The number of rotatable bonds is 2. The summed E-state index contributed by atoms with van der Waals surface area (Å²) in [5.41, 5.74) is 0. The van der Waals surface area contributed by atoms with Gasteiger partial charge in [-0.1, -0.05) is 0 Å². The van der Waals surface area contributed by atoms with Crippen molar-refractivity contribution >= 4 is 11.7 Å². The number of hydrogen-bond acceptors (Lipinski definition) is 2. The van der Waals surface area contributed by atoms with Crippen LogP contribution in [0, 0.1) is 11.8 Å². The molecule has 4 unspecified atom stereocenters. The van der Waals surface area contributed by atoms with Crippen molar-refractivity contribution in [1.29, 1.82) is 0 Å². The number of carbonyl (C=O) groups excluding carboxylic acids is 1. The highest BCUT2D eigenvalue weighted by atomic mass is 16.2. The summed E-state index contributed by atoms with van der Waals surface area (Å²) in [7, 11) is 1.88. The Bertz CT molecular complexity index is 414. The normalized spacial score (nSPS) is 36.6. The summed E-state index contributed by atoms with van der Waals surface area (Å²) in [5.74, 6) is 2.54. The fourth-order valence-electron chi connectivity index (χ4n) is 3.15. The average Bonchev–Trinajstić information content (AvgIpc) is 2.92. The Morgan fingerprint density at radius 3 is 2.94 bits per heavy atom. The average molecular weight is 233 g/mol. The molecule has 4 heteroatoms. The summed E-state index contributed by atoms with van der Waals surface area (Å²) in [4.78, 5) is 17.6. The fraction of sp³-hybridized carbons (Fsp3) is 0.615. The van der Waals surface area contributed by atoms with Crippen LogP contribution >= 0.6 is 0 Å². The van der Waals surface area contributed by atoms with Gasteiger partial charge in [-0.05, 0) is 50.8 Å². The van der Waals surface area contributed by atoms with Crippen LogP contribution in [-0.4, -0.2) is 30.0 Å². The van der Waals surface area contributed by atoms with Gasteiger partial charge < -0.3 is 10.3 Å². The Labute approximate surface area is 101 Å². The molecule has 1 aromatic rings. The smallest absolute Gasteiger partial charge is 0.245 e. The van der Waals surface area contributed by atoms with E-state index in [2.05, 4.69) is 17.2 Å². The van der Waals surface area contributed by atoms with Crippen molar-refractivity contribution in [2.75, 3.05) is 11.9 Å². The van der Waals surface area contributed by atoms with Gasteiger partial charge in [0.1, 0.15) is 5.82 Å². The first kappa shape index (κ1) is 10.8. The number of likely N-dealkylation sites (N-methyl/N-ethyl adjacent to an activating group) is 1. The largest absolute Gasteiger partial charge is 0.348 e. The van der Waals surface area contributed by atoms with Gasteiger partial charge >= 0.3 is 0 Å². The summed E-state index contributed by atoms with van der Waals surface area (Å²) in [6.07, 6.45) is 4.13. The Balaban J connectivity index is 1.95. The third kappa shape index (κ3) is 1.67. The molecule has 2 fully saturated rings. The first-order chi connectivity index (χ1) is 8.22. The van der Waals surface area contributed by atoms with Gasteiger partial charge in [0.25, 0.3) is 0 Å². The van der Waals surface area contributed by atoms with Crippen LogP contribution in [0.25, 0.3) is 0 Å². The molecule has 1 saturated carbocycles. The van der Waals surface area contributed by atoms with Gasteiger partial charge in [0.05, 0.1) is 6.04 Å². The first-order valence-corrected chi connectivity index (χ1v) is 6.36. The lowest BCUT2D eigenvalue weighted by Crippen LogP contribution is -2.48. The van der Waals surface area contributed by atoms with Gasteiger partial charge in [0, 0.05) is 12.2 Å². The Morgan fingerprint density at radius 2 is 2.29 bits per heavy atom. The molecule has 92 valence electrons. The molecular weight excluding hydrogens is 214 g/mol. The molecule has 0 aromatic carbocycles. The number of H-pyrrole nitrogens is 1. The van der Waals surface area contributed by atoms with Gasteiger partial charge in [-0.15, -0.1) is 0 Å². The number of nitrogens with one attached hydrogen (secondary N) is 2. The lowest BCUT2D eigenvalue weighted by Gasteiger charge is -2.29. The second-order valence-corrected chi connectivity index (χ2v) is 5.24. The minimum absolute atomic E-state index is 0.0294. The third-order valence-electron chi connectivity index (χ3n) is 4.27. The van der Waals surface area contributed by atoms with E-state index in [9.17, 15) is 4.79 Å². The van der Waals surface area contributed by atoms with E-state index in [-0.39, 0.29) is 11.9 Å². The SMILES string of the molecule is CNC1CC2CC2C(C)N(c2ccc[nH]2)C1=O. The zero-order chi connectivity index (χ0) is 12.0. The quantitative estimate of drug-likeness (QED) is 0.810. The van der Waals surface area contributed by atoms with Crippen LogP contribution in [0.4, 0.5) is 5.82 Å². The molecular formula is C13H19N3O. The maximum Gasteiger partial charge on any atom is 0.245 e. The summed E-state index contributed by atoms with van der Waals surface area (Å²) in [5, 5.41) is 3.16. The van der Waals surface area contributed by atoms with E-state index < -0.39 is 0 Å². The number of nitrogens with zero attached hydrogens (tertiary/aromatic N) is 1. The van der Waals surface area contributed by atoms with E-state index in [1.54, 1.807) is 0 Å². The Hall–Kier alpha value is -1.29. The number of carbonyl (C=O) groups is 1. The van der Waals surface area contributed by atoms with Crippen molar-refractivity contribution in [3.8, 4) is 0 Å². The fourth-order valence-corrected chi connectivity index (χ4v) is 3.15. The molecule has 0 bridgehead atoms. The summed E-state index contributed by atoms with van der Waals surface area (Å²) >= 11 is 0. The zero-order valence-electron chi connectivity index (χ0n) is 10.3. The molecule has 1 saturated heterocycles. The van der Waals surface area contributed by atoms with Crippen LogP contribution in [-0.2, 0) is 4.79 Å². The van der Waals surface area contributed by atoms with E-state index in [1.165, 1.54) is 6.42 Å². The van der Waals surface area contributed by atoms with Crippen LogP contribution in [0.15, 0.2) is 18.3 Å². The summed E-state index contributed by atoms with van der Waals surface area (Å²) < 4.78 is 0. The van der Waals surface area contributed by atoms with Gasteiger partial charge in [-0.3, -0.25) is 9.69 Å². The van der Waals surface area contributed by atoms with Gasteiger partial charge in [0.15, 0.2) is 0 Å². The molecule has 2 aliphatic rings. The van der Waals surface area contributed by atoms with Crippen molar-refractivity contribution < 1.29 is 4.79 Å². The number of amides is 1. The molecule has 1 amide bonds. The van der Waals surface area contributed by atoms with Crippen LogP contribution < -0.4 is 10.2 Å². The van der Waals surface area contributed by atoms with E-state index in [1.807, 2.05) is 30.3 Å². The topological polar surface area (TPSA) is 48.1 Å². The summed E-state index contributed by atoms with van der Waals surface area (Å²) in [6, 6.07) is 4.20. The van der Waals surface area contributed by atoms with Crippen LogP contribution in [0.5, 0.6) is 0 Å². The molecule has 0 radical (unpaired) electrons. The second kappa shape index (κ2) is 3.88. The molecule has 1 aliphatic heterocycles. The highest BCUT2D eigenvalue weighted by molar-refractivity contribution is 5.97. The van der Waals surface area contributed by atoms with Crippen LogP contribution in [0.3, 0.4) is 0 Å². The minimum Gasteiger partial charge on any atom is -0.348 e. The molecule has 1 aliphatic carbocycles. The Morgan fingerprint density at radius 1 is 1.47 bits per heavy atom. The van der Waals surface area contributed by atoms with E-state index in [0.29, 0.717) is 12.0 Å². The molecule has 4 atom stereocenters. The highest BCUT2D eigenvalue weighted by Crippen LogP contribution is 2.48. The Kier molecular flexibility index (Phi) is 2.47. The maximum atomic E-state index is 12.5. The van der Waals surface area contributed by atoms with Crippen molar-refractivity contribution in [1.82, 2.24) is 10.3 Å². The van der Waals surface area contributed by atoms with E-state index in [0.717, 1.165) is 18.2 Å². The van der Waals surface area contributed by atoms with E-state index >= 15 is 0 Å². The van der Waals surface area contributed by atoms with Gasteiger partial charge in [-0.25, -0.2) is 0 Å². The van der Waals surface area contributed by atoms with Crippen molar-refractivity contribution in [3.05, 3.63) is 18.3 Å². The molecule has 1 aromatic heterocycles. The van der Waals surface area contributed by atoms with Gasteiger partial charge in [-0.2, -0.15) is 0 Å². The summed E-state index contributed by atoms with van der Waals surface area (Å²) in [6.45, 7) is 2.17. The zero-order valence-corrected chi connectivity index (χ0v) is 10.3. The standard InChI is InChI=1S/C13H19N3O/c1-8-10-6-9(10)7-11(14-2)13(17)16(8)12-4-3-5-15-12/h3-5,8-11,14-15H,6-7H2,1-2H3. The number of aromatic amines is 1. The lowest BCUT2D eigenvalue weighted by atomic mass is 10.1. The number of fused-ring (bicyclic) bond motifs is 1. The number of hydrogen-bond donors (Lipinski definition) is 2. The maximum absolute atomic E-state index is 12.5. The molecule has 4 nitrogen and oxygen atoms in total. The predicted molar refractivity (Wildman–Crippen MR) is 66.8 cm³/mol. The van der Waals surface area contributed by atoms with Crippen molar-refractivity contribution in [2.24, 2.45) is 11.8 Å². The molecule has 17 heavy (non-hydrogen) atoms. The molecule has 3 rings (SSSR count). The van der Waals surface area contributed by atoms with Gasteiger partial charge in [0.2, 0.25) is 5.91 Å². The second-order valence-electron chi connectivity index (χ2n) is 5.24. The third-order valence-corrected chi connectivity index (χ3v) is 4.27. The van der Waals surface area contributed by atoms with Crippen molar-refractivity contribution in [3.63, 3.8) is 0 Å². The molecule has 0 spiro atoms. The minimum atomic E-state index is -0.0294. The number of anilines is 1. The first-order valence-electron chi connectivity index (χ1n) is 6.36. The monoisotopic (exact) mass is 233 g/mol.